The van der Waals surface area contributed by atoms with Gasteiger partial charge in [-0.3, -0.25) is 14.3 Å². The molecule has 0 aliphatic heterocycles. The van der Waals surface area contributed by atoms with Crippen LogP contribution in [-0.2, 0) is 25.4 Å². The average Bonchev–Trinajstić information content (AvgIpc) is 2.61. The molecule has 3 rings (SSSR count). The molecule has 1 spiro atoms. The number of rotatable bonds is 5. The second-order valence-electron chi connectivity index (χ2n) is 7.82. The summed E-state index contributed by atoms with van der Waals surface area (Å²) in [5.74, 6) is 0. The first-order valence-electron chi connectivity index (χ1n) is 9.48. The zero-order valence-corrected chi connectivity index (χ0v) is 16.0. The van der Waals surface area contributed by atoms with Gasteiger partial charge in [-0.1, -0.05) is 19.3 Å². The summed E-state index contributed by atoms with van der Waals surface area (Å²) >= 11 is 0. The summed E-state index contributed by atoms with van der Waals surface area (Å²) in [7, 11) is 5.35. The predicted octanol–water partition coefficient (Wildman–Crippen LogP) is 1.64. The van der Waals surface area contributed by atoms with E-state index in [4.69, 9.17) is 4.74 Å². The lowest BCUT2D eigenvalue weighted by Crippen LogP contribution is -2.64. The number of aryl methyl sites for hydroxylation is 1. The Kier molecular flexibility index (Phi) is 5.21. The van der Waals surface area contributed by atoms with Gasteiger partial charge in [-0.15, -0.1) is 0 Å². The number of aromatic nitrogens is 2. The Hall–Kier alpha value is -1.40. The van der Waals surface area contributed by atoms with Crippen molar-refractivity contribution in [2.45, 2.75) is 64.1 Å². The summed E-state index contributed by atoms with van der Waals surface area (Å²) in [4.78, 5) is 26.6. The highest BCUT2D eigenvalue weighted by molar-refractivity contribution is 5.12. The van der Waals surface area contributed by atoms with Gasteiger partial charge < -0.3 is 9.30 Å². The van der Waals surface area contributed by atoms with Crippen molar-refractivity contribution in [2.24, 2.45) is 19.5 Å². The van der Waals surface area contributed by atoms with Crippen LogP contribution in [-0.4, -0.2) is 39.8 Å². The first-order chi connectivity index (χ1) is 11.9. The molecule has 0 saturated heterocycles. The Morgan fingerprint density at radius 1 is 1.24 bits per heavy atom. The highest BCUT2D eigenvalue weighted by Gasteiger charge is 2.56. The van der Waals surface area contributed by atoms with E-state index in [0.29, 0.717) is 24.3 Å². The monoisotopic (exact) mass is 349 g/mol. The molecule has 6 nitrogen and oxygen atoms in total. The van der Waals surface area contributed by atoms with Crippen LogP contribution in [0.5, 0.6) is 0 Å². The van der Waals surface area contributed by atoms with Gasteiger partial charge in [0.05, 0.1) is 6.10 Å². The van der Waals surface area contributed by atoms with Gasteiger partial charge in [-0.05, 0) is 33.2 Å². The van der Waals surface area contributed by atoms with Crippen LogP contribution in [0.4, 0.5) is 0 Å². The maximum absolute atomic E-state index is 12.4. The van der Waals surface area contributed by atoms with Gasteiger partial charge in [0.1, 0.15) is 0 Å². The van der Waals surface area contributed by atoms with E-state index in [-0.39, 0.29) is 16.7 Å². The van der Waals surface area contributed by atoms with Crippen LogP contribution in [0.3, 0.4) is 0 Å². The molecule has 0 aromatic carbocycles. The molecule has 25 heavy (non-hydrogen) atoms. The van der Waals surface area contributed by atoms with Gasteiger partial charge in [0.2, 0.25) is 0 Å². The molecule has 2 aliphatic carbocycles. The minimum atomic E-state index is -0.278. The summed E-state index contributed by atoms with van der Waals surface area (Å²) in [5.41, 5.74) is 0.459. The van der Waals surface area contributed by atoms with Crippen molar-refractivity contribution in [3.05, 3.63) is 32.6 Å². The molecule has 140 valence electrons. The van der Waals surface area contributed by atoms with Crippen molar-refractivity contribution in [3.63, 3.8) is 0 Å². The first-order valence-corrected chi connectivity index (χ1v) is 9.48. The molecule has 1 heterocycles. The third-order valence-corrected chi connectivity index (χ3v) is 6.36. The SMILES string of the molecule is CCOC1CC(N(C)Cc2cn(C)c(=O)n(C)c2=O)C12CCCCC2. The molecule has 0 radical (unpaired) electrons. The lowest BCUT2D eigenvalue weighted by molar-refractivity contribution is -0.180. The second-order valence-corrected chi connectivity index (χ2v) is 7.82. The lowest BCUT2D eigenvalue weighted by atomic mass is 9.54. The summed E-state index contributed by atoms with van der Waals surface area (Å²) in [6, 6.07) is 0.450. The molecule has 6 heteroatoms. The van der Waals surface area contributed by atoms with E-state index < -0.39 is 0 Å². The summed E-state index contributed by atoms with van der Waals surface area (Å²) in [5, 5.41) is 0. The van der Waals surface area contributed by atoms with Crippen molar-refractivity contribution in [2.75, 3.05) is 13.7 Å². The van der Waals surface area contributed by atoms with Crippen LogP contribution in [0.15, 0.2) is 15.8 Å². The molecule has 1 aromatic heterocycles. The Balaban J connectivity index is 1.81. The maximum Gasteiger partial charge on any atom is 0.330 e. The number of nitrogens with zero attached hydrogens (tertiary/aromatic N) is 3. The normalized spacial score (nSPS) is 25.3. The maximum atomic E-state index is 12.4. The fourth-order valence-electron chi connectivity index (χ4n) is 5.02. The number of hydrogen-bond donors (Lipinski definition) is 0. The van der Waals surface area contributed by atoms with Crippen molar-refractivity contribution in [3.8, 4) is 0 Å². The van der Waals surface area contributed by atoms with Crippen molar-refractivity contribution in [1.82, 2.24) is 14.0 Å². The van der Waals surface area contributed by atoms with Gasteiger partial charge >= 0.3 is 5.69 Å². The van der Waals surface area contributed by atoms with Gasteiger partial charge in [-0.2, -0.15) is 0 Å². The third-order valence-electron chi connectivity index (χ3n) is 6.36. The van der Waals surface area contributed by atoms with Gasteiger partial charge in [0.15, 0.2) is 0 Å². The van der Waals surface area contributed by atoms with E-state index in [1.54, 1.807) is 20.3 Å². The van der Waals surface area contributed by atoms with Crippen molar-refractivity contribution in [1.29, 1.82) is 0 Å². The topological polar surface area (TPSA) is 56.5 Å². The third kappa shape index (κ3) is 3.10. The van der Waals surface area contributed by atoms with Crippen LogP contribution < -0.4 is 11.2 Å². The van der Waals surface area contributed by atoms with Crippen LogP contribution in [0, 0.1) is 5.41 Å². The lowest BCUT2D eigenvalue weighted by Gasteiger charge is -2.60. The van der Waals surface area contributed by atoms with Gasteiger partial charge in [0, 0.05) is 50.5 Å². The quantitative estimate of drug-likeness (QED) is 0.811. The molecular weight excluding hydrogens is 318 g/mol. The molecule has 2 saturated carbocycles. The molecule has 2 unspecified atom stereocenters. The van der Waals surface area contributed by atoms with E-state index in [2.05, 4.69) is 18.9 Å². The van der Waals surface area contributed by atoms with Crippen molar-refractivity contribution >= 4 is 0 Å². The highest BCUT2D eigenvalue weighted by Crippen LogP contribution is 2.55. The molecule has 0 amide bonds. The number of ether oxygens (including phenoxy) is 1. The Labute approximate surface area is 149 Å². The number of hydrogen-bond acceptors (Lipinski definition) is 4. The van der Waals surface area contributed by atoms with Crippen LogP contribution >= 0.6 is 0 Å². The second kappa shape index (κ2) is 7.08. The molecule has 2 fully saturated rings. The Morgan fingerprint density at radius 3 is 2.56 bits per heavy atom. The fraction of sp³-hybridized carbons (Fsp3) is 0.789. The zero-order chi connectivity index (χ0) is 18.2. The van der Waals surface area contributed by atoms with Crippen molar-refractivity contribution < 1.29 is 4.74 Å². The van der Waals surface area contributed by atoms with E-state index in [1.165, 1.54) is 41.2 Å². The molecule has 2 atom stereocenters. The minimum Gasteiger partial charge on any atom is -0.378 e. The van der Waals surface area contributed by atoms with E-state index in [0.717, 1.165) is 13.0 Å². The van der Waals surface area contributed by atoms with E-state index in [1.807, 2.05) is 0 Å². The predicted molar refractivity (Wildman–Crippen MR) is 97.7 cm³/mol. The first kappa shape index (κ1) is 18.4. The molecule has 2 aliphatic rings. The fourth-order valence-corrected chi connectivity index (χ4v) is 5.02. The molecule has 1 aromatic rings. The zero-order valence-electron chi connectivity index (χ0n) is 16.0. The van der Waals surface area contributed by atoms with Crippen LogP contribution in [0.25, 0.3) is 0 Å². The highest BCUT2D eigenvalue weighted by atomic mass is 16.5. The molecule has 0 N–H and O–H groups in total. The Bertz CT molecular complexity index is 730. The average molecular weight is 349 g/mol. The molecule has 0 bridgehead atoms. The Morgan fingerprint density at radius 2 is 1.92 bits per heavy atom. The summed E-state index contributed by atoms with van der Waals surface area (Å²) < 4.78 is 8.73. The molecular formula is C19H31N3O3. The summed E-state index contributed by atoms with van der Waals surface area (Å²) in [6.07, 6.45) is 9.39. The minimum absolute atomic E-state index is 0.187. The smallest absolute Gasteiger partial charge is 0.330 e. The van der Waals surface area contributed by atoms with Crippen LogP contribution in [0.2, 0.25) is 0 Å². The van der Waals surface area contributed by atoms with Gasteiger partial charge in [-0.25, -0.2) is 4.79 Å². The largest absolute Gasteiger partial charge is 0.378 e. The van der Waals surface area contributed by atoms with Gasteiger partial charge in [0.25, 0.3) is 5.56 Å². The van der Waals surface area contributed by atoms with E-state index >= 15 is 0 Å². The standard InChI is InChI=1S/C19H31N3O3/c1-5-25-16-11-15(19(16)9-7-6-8-10-19)20(2)12-14-13-21(3)18(24)22(4)17(14)23/h13,15-16H,5-12H2,1-4H3. The summed E-state index contributed by atoms with van der Waals surface area (Å²) in [6.45, 7) is 3.41. The van der Waals surface area contributed by atoms with E-state index in [9.17, 15) is 9.59 Å². The van der Waals surface area contributed by atoms with Crippen LogP contribution in [0.1, 0.15) is 51.0 Å².